The average molecular weight is 303 g/mol. The minimum absolute atomic E-state index is 0.0141. The Morgan fingerprint density at radius 1 is 1.27 bits per heavy atom. The number of ether oxygens (including phenoxy) is 1. The van der Waals surface area contributed by atoms with Gasteiger partial charge in [0.15, 0.2) is 0 Å². The van der Waals surface area contributed by atoms with Gasteiger partial charge in [0.2, 0.25) is 5.91 Å². The largest absolute Gasteiger partial charge is 0.381 e. The van der Waals surface area contributed by atoms with Crippen molar-refractivity contribution >= 4 is 5.91 Å². The Balaban J connectivity index is 1.43. The summed E-state index contributed by atoms with van der Waals surface area (Å²) >= 11 is 0. The molecule has 3 atom stereocenters. The molecule has 3 nitrogen and oxygen atoms in total. The zero-order valence-electron chi connectivity index (χ0n) is 12.7. The summed E-state index contributed by atoms with van der Waals surface area (Å²) in [6, 6.07) is 7.29. The van der Waals surface area contributed by atoms with Crippen LogP contribution in [0.2, 0.25) is 0 Å². The van der Waals surface area contributed by atoms with Gasteiger partial charge in [-0.3, -0.25) is 4.79 Å². The molecule has 0 aromatic heterocycles. The van der Waals surface area contributed by atoms with Gasteiger partial charge in [0, 0.05) is 31.0 Å². The van der Waals surface area contributed by atoms with Crippen molar-refractivity contribution in [2.45, 2.75) is 37.6 Å². The van der Waals surface area contributed by atoms with Crippen molar-refractivity contribution < 1.29 is 13.9 Å². The van der Waals surface area contributed by atoms with Crippen LogP contribution in [0.4, 0.5) is 4.39 Å². The number of hydrogen-bond acceptors (Lipinski definition) is 2. The van der Waals surface area contributed by atoms with Crippen LogP contribution in [0.3, 0.4) is 0 Å². The minimum Gasteiger partial charge on any atom is -0.381 e. The summed E-state index contributed by atoms with van der Waals surface area (Å²) in [7, 11) is 0. The van der Waals surface area contributed by atoms with Gasteiger partial charge in [-0.2, -0.15) is 0 Å². The molecule has 0 unspecified atom stereocenters. The van der Waals surface area contributed by atoms with E-state index in [2.05, 4.69) is 4.90 Å². The Morgan fingerprint density at radius 3 is 2.77 bits per heavy atom. The summed E-state index contributed by atoms with van der Waals surface area (Å²) < 4.78 is 19.3. The van der Waals surface area contributed by atoms with Crippen LogP contribution in [0.5, 0.6) is 0 Å². The molecular formula is C18H22FNO2. The Bertz CT molecular complexity index is 566. The van der Waals surface area contributed by atoms with Crippen molar-refractivity contribution in [2.75, 3.05) is 19.8 Å². The number of carbonyl (C=O) groups excluding carboxylic acids is 1. The van der Waals surface area contributed by atoms with Crippen LogP contribution >= 0.6 is 0 Å². The van der Waals surface area contributed by atoms with Crippen molar-refractivity contribution in [2.24, 2.45) is 11.8 Å². The van der Waals surface area contributed by atoms with Gasteiger partial charge in [0.05, 0.1) is 6.61 Å². The van der Waals surface area contributed by atoms with Crippen LogP contribution in [0.1, 0.15) is 37.2 Å². The highest BCUT2D eigenvalue weighted by atomic mass is 19.1. The molecule has 118 valence electrons. The van der Waals surface area contributed by atoms with E-state index in [1.165, 1.54) is 6.07 Å². The van der Waals surface area contributed by atoms with Crippen LogP contribution in [0.15, 0.2) is 24.3 Å². The first-order valence-electron chi connectivity index (χ1n) is 8.36. The lowest BCUT2D eigenvalue weighted by atomic mass is 10.1. The third-order valence-corrected chi connectivity index (χ3v) is 5.16. The second kappa shape index (κ2) is 5.65. The van der Waals surface area contributed by atoms with E-state index in [1.54, 1.807) is 6.07 Å². The van der Waals surface area contributed by atoms with E-state index in [0.29, 0.717) is 17.5 Å². The number of benzene rings is 1. The molecule has 4 heteroatoms. The summed E-state index contributed by atoms with van der Waals surface area (Å²) in [5.41, 5.74) is 0.709. The van der Waals surface area contributed by atoms with E-state index in [0.717, 1.165) is 45.4 Å². The SMILES string of the molecule is O=C([C@@H]1C[C@H]1c1ccccc1F)N(C[C@@H]1CCOC1)C1CC1. The quantitative estimate of drug-likeness (QED) is 0.837. The first kappa shape index (κ1) is 14.2. The molecule has 0 bridgehead atoms. The monoisotopic (exact) mass is 303 g/mol. The topological polar surface area (TPSA) is 29.5 Å². The van der Waals surface area contributed by atoms with Gasteiger partial charge in [0.1, 0.15) is 5.82 Å². The Kier molecular flexibility index (Phi) is 3.65. The first-order chi connectivity index (χ1) is 10.7. The predicted octanol–water partition coefficient (Wildman–Crippen LogP) is 2.96. The molecule has 2 aliphatic carbocycles. The lowest BCUT2D eigenvalue weighted by molar-refractivity contribution is -0.134. The highest BCUT2D eigenvalue weighted by molar-refractivity contribution is 5.83. The summed E-state index contributed by atoms with van der Waals surface area (Å²) in [5.74, 6) is 0.609. The third kappa shape index (κ3) is 2.76. The van der Waals surface area contributed by atoms with Crippen molar-refractivity contribution in [3.05, 3.63) is 35.6 Å². The Hall–Kier alpha value is -1.42. The molecule has 1 aromatic rings. The predicted molar refractivity (Wildman–Crippen MR) is 80.9 cm³/mol. The maximum atomic E-state index is 13.9. The van der Waals surface area contributed by atoms with Gasteiger partial charge in [-0.15, -0.1) is 0 Å². The fourth-order valence-electron chi connectivity index (χ4n) is 3.61. The van der Waals surface area contributed by atoms with Gasteiger partial charge < -0.3 is 9.64 Å². The lowest BCUT2D eigenvalue weighted by Crippen LogP contribution is -2.38. The van der Waals surface area contributed by atoms with E-state index < -0.39 is 0 Å². The van der Waals surface area contributed by atoms with Crippen molar-refractivity contribution in [3.8, 4) is 0 Å². The fourth-order valence-corrected chi connectivity index (χ4v) is 3.61. The molecule has 1 amide bonds. The molecular weight excluding hydrogens is 281 g/mol. The summed E-state index contributed by atoms with van der Waals surface area (Å²) in [4.78, 5) is 14.9. The molecule has 3 aliphatic rings. The summed E-state index contributed by atoms with van der Waals surface area (Å²) in [6.07, 6.45) is 4.09. The highest BCUT2D eigenvalue weighted by Gasteiger charge is 2.49. The zero-order valence-corrected chi connectivity index (χ0v) is 12.7. The van der Waals surface area contributed by atoms with Crippen LogP contribution in [0.25, 0.3) is 0 Å². The van der Waals surface area contributed by atoms with E-state index >= 15 is 0 Å². The molecule has 1 aromatic carbocycles. The number of rotatable bonds is 5. The minimum atomic E-state index is -0.176. The molecule has 22 heavy (non-hydrogen) atoms. The Labute approximate surface area is 130 Å². The molecule has 1 saturated heterocycles. The van der Waals surface area contributed by atoms with Crippen molar-refractivity contribution in [1.82, 2.24) is 4.90 Å². The number of carbonyl (C=O) groups is 1. The van der Waals surface area contributed by atoms with Crippen LogP contribution in [-0.2, 0) is 9.53 Å². The molecule has 2 saturated carbocycles. The van der Waals surface area contributed by atoms with E-state index in [4.69, 9.17) is 4.74 Å². The molecule has 3 fully saturated rings. The van der Waals surface area contributed by atoms with Crippen molar-refractivity contribution in [3.63, 3.8) is 0 Å². The number of halogens is 1. The van der Waals surface area contributed by atoms with Gasteiger partial charge in [-0.25, -0.2) is 4.39 Å². The van der Waals surface area contributed by atoms with E-state index in [-0.39, 0.29) is 23.6 Å². The van der Waals surface area contributed by atoms with Gasteiger partial charge in [0.25, 0.3) is 0 Å². The van der Waals surface area contributed by atoms with E-state index in [1.807, 2.05) is 12.1 Å². The molecule has 0 N–H and O–H groups in total. The zero-order chi connectivity index (χ0) is 15.1. The van der Waals surface area contributed by atoms with Crippen LogP contribution in [0, 0.1) is 17.7 Å². The third-order valence-electron chi connectivity index (χ3n) is 5.16. The van der Waals surface area contributed by atoms with E-state index in [9.17, 15) is 9.18 Å². The number of amides is 1. The number of nitrogens with zero attached hydrogens (tertiary/aromatic N) is 1. The van der Waals surface area contributed by atoms with Crippen LogP contribution in [-0.4, -0.2) is 36.6 Å². The normalized spacial score (nSPS) is 30.3. The second-order valence-electron chi connectivity index (χ2n) is 6.92. The molecule has 0 radical (unpaired) electrons. The maximum absolute atomic E-state index is 13.9. The molecule has 4 rings (SSSR count). The first-order valence-corrected chi connectivity index (χ1v) is 8.36. The fraction of sp³-hybridized carbons (Fsp3) is 0.611. The van der Waals surface area contributed by atoms with Gasteiger partial charge in [-0.05, 0) is 43.2 Å². The maximum Gasteiger partial charge on any atom is 0.226 e. The van der Waals surface area contributed by atoms with Gasteiger partial charge >= 0.3 is 0 Å². The summed E-state index contributed by atoms with van der Waals surface area (Å²) in [5, 5.41) is 0. The number of hydrogen-bond donors (Lipinski definition) is 0. The summed E-state index contributed by atoms with van der Waals surface area (Å²) in [6.45, 7) is 2.42. The highest BCUT2D eigenvalue weighted by Crippen LogP contribution is 2.50. The lowest BCUT2D eigenvalue weighted by Gasteiger charge is -2.25. The van der Waals surface area contributed by atoms with Crippen LogP contribution < -0.4 is 0 Å². The average Bonchev–Trinajstić information content (AvgIpc) is 3.44. The smallest absolute Gasteiger partial charge is 0.226 e. The molecule has 0 spiro atoms. The van der Waals surface area contributed by atoms with Crippen molar-refractivity contribution in [1.29, 1.82) is 0 Å². The molecule has 1 heterocycles. The van der Waals surface area contributed by atoms with Gasteiger partial charge in [-0.1, -0.05) is 18.2 Å². The molecule has 1 aliphatic heterocycles. The standard InChI is InChI=1S/C18H22FNO2/c19-17-4-2-1-3-14(17)15-9-16(15)18(21)20(13-5-6-13)10-12-7-8-22-11-12/h1-4,12-13,15-16H,5-11H2/t12-,15-,16+/m0/s1. The Morgan fingerprint density at radius 2 is 2.09 bits per heavy atom. The second-order valence-corrected chi connectivity index (χ2v) is 6.92.